The molecule has 128 valence electrons. The zero-order chi connectivity index (χ0) is 17.2. The predicted octanol–water partition coefficient (Wildman–Crippen LogP) is 3.19. The summed E-state index contributed by atoms with van der Waals surface area (Å²) in [6.45, 7) is 2.05. The zero-order valence-electron chi connectivity index (χ0n) is 13.8. The van der Waals surface area contributed by atoms with Crippen molar-refractivity contribution in [2.75, 3.05) is 20.1 Å². The number of amides is 1. The highest BCUT2D eigenvalue weighted by Crippen LogP contribution is 2.16. The minimum Gasteiger partial charge on any atom is -0.489 e. The highest BCUT2D eigenvalue weighted by atomic mass is 35.5. The van der Waals surface area contributed by atoms with E-state index < -0.39 is 0 Å². The molecule has 2 aromatic rings. The van der Waals surface area contributed by atoms with Gasteiger partial charge in [0.05, 0.1) is 6.42 Å². The lowest BCUT2D eigenvalue weighted by Crippen LogP contribution is -2.27. The van der Waals surface area contributed by atoms with Gasteiger partial charge in [0.2, 0.25) is 5.91 Å². The van der Waals surface area contributed by atoms with Gasteiger partial charge in [-0.25, -0.2) is 0 Å². The average Bonchev–Trinajstić information content (AvgIpc) is 2.59. The molecule has 2 N–H and O–H groups in total. The van der Waals surface area contributed by atoms with Crippen LogP contribution in [0, 0.1) is 0 Å². The van der Waals surface area contributed by atoms with Crippen molar-refractivity contribution in [2.24, 2.45) is 0 Å². The number of nitrogens with one attached hydrogen (secondary N) is 2. The first-order valence-corrected chi connectivity index (χ1v) is 8.42. The largest absolute Gasteiger partial charge is 0.489 e. The third-order valence-corrected chi connectivity index (χ3v) is 3.76. The molecule has 0 fully saturated rings. The average molecular weight is 347 g/mol. The van der Waals surface area contributed by atoms with Crippen LogP contribution in [0.25, 0.3) is 0 Å². The van der Waals surface area contributed by atoms with Crippen molar-refractivity contribution in [3.8, 4) is 5.75 Å². The van der Waals surface area contributed by atoms with Crippen LogP contribution in [0.4, 0.5) is 0 Å². The molecule has 0 radical (unpaired) electrons. The van der Waals surface area contributed by atoms with Gasteiger partial charge in [-0.2, -0.15) is 0 Å². The van der Waals surface area contributed by atoms with E-state index in [1.54, 1.807) is 0 Å². The van der Waals surface area contributed by atoms with E-state index in [1.165, 1.54) is 0 Å². The molecule has 0 aliphatic rings. The summed E-state index contributed by atoms with van der Waals surface area (Å²) in [5.41, 5.74) is 1.99. The molecule has 0 atom stereocenters. The number of carbonyl (C=O) groups excluding carboxylic acids is 1. The van der Waals surface area contributed by atoms with E-state index in [9.17, 15) is 4.79 Å². The SMILES string of the molecule is CNCCCNC(=O)Cc1cccc(OCc2ccc(Cl)cc2)c1. The van der Waals surface area contributed by atoms with Gasteiger partial charge in [-0.15, -0.1) is 0 Å². The van der Waals surface area contributed by atoms with E-state index in [-0.39, 0.29) is 5.91 Å². The normalized spacial score (nSPS) is 10.4. The van der Waals surface area contributed by atoms with Gasteiger partial charge in [0.15, 0.2) is 0 Å². The molecular weight excluding hydrogens is 324 g/mol. The summed E-state index contributed by atoms with van der Waals surface area (Å²) in [6, 6.07) is 15.2. The van der Waals surface area contributed by atoms with Gasteiger partial charge in [-0.1, -0.05) is 35.9 Å². The fourth-order valence-electron chi connectivity index (χ4n) is 2.23. The molecule has 24 heavy (non-hydrogen) atoms. The fraction of sp³-hybridized carbons (Fsp3) is 0.316. The van der Waals surface area contributed by atoms with Gasteiger partial charge < -0.3 is 15.4 Å². The van der Waals surface area contributed by atoms with Crippen molar-refractivity contribution < 1.29 is 9.53 Å². The van der Waals surface area contributed by atoms with Crippen molar-refractivity contribution in [1.29, 1.82) is 0 Å². The molecule has 2 aromatic carbocycles. The predicted molar refractivity (Wildman–Crippen MR) is 97.5 cm³/mol. The minimum atomic E-state index is 0.0287. The lowest BCUT2D eigenvalue weighted by atomic mass is 10.1. The molecule has 0 unspecified atom stereocenters. The van der Waals surface area contributed by atoms with Crippen LogP contribution in [0.2, 0.25) is 5.02 Å². The summed E-state index contributed by atoms with van der Waals surface area (Å²) in [5, 5.41) is 6.68. The maximum atomic E-state index is 11.9. The summed E-state index contributed by atoms with van der Waals surface area (Å²) in [7, 11) is 1.90. The molecule has 0 saturated carbocycles. The maximum absolute atomic E-state index is 11.9. The molecule has 1 amide bonds. The van der Waals surface area contributed by atoms with Gasteiger partial charge in [0.25, 0.3) is 0 Å². The molecule has 0 saturated heterocycles. The Morgan fingerprint density at radius 3 is 2.62 bits per heavy atom. The van der Waals surface area contributed by atoms with E-state index in [0.717, 1.165) is 29.8 Å². The number of benzene rings is 2. The summed E-state index contributed by atoms with van der Waals surface area (Å²) in [5.74, 6) is 0.784. The molecule has 5 heteroatoms. The van der Waals surface area contributed by atoms with Crippen LogP contribution in [0.15, 0.2) is 48.5 Å². The second kappa shape index (κ2) is 9.96. The highest BCUT2D eigenvalue weighted by molar-refractivity contribution is 6.30. The maximum Gasteiger partial charge on any atom is 0.224 e. The summed E-state index contributed by atoms with van der Waals surface area (Å²) < 4.78 is 5.78. The van der Waals surface area contributed by atoms with Crippen molar-refractivity contribution in [2.45, 2.75) is 19.4 Å². The Morgan fingerprint density at radius 1 is 1.08 bits per heavy atom. The summed E-state index contributed by atoms with van der Waals surface area (Å²) in [4.78, 5) is 11.9. The smallest absolute Gasteiger partial charge is 0.224 e. The van der Waals surface area contributed by atoms with E-state index in [1.807, 2.05) is 55.6 Å². The van der Waals surface area contributed by atoms with Crippen molar-refractivity contribution in [3.05, 3.63) is 64.7 Å². The number of rotatable bonds is 9. The van der Waals surface area contributed by atoms with Crippen LogP contribution in [0.1, 0.15) is 17.5 Å². The van der Waals surface area contributed by atoms with Gasteiger partial charge in [-0.3, -0.25) is 4.79 Å². The third-order valence-electron chi connectivity index (χ3n) is 3.51. The van der Waals surface area contributed by atoms with Crippen LogP contribution in [0.5, 0.6) is 5.75 Å². The van der Waals surface area contributed by atoms with Crippen LogP contribution < -0.4 is 15.4 Å². The van der Waals surface area contributed by atoms with Crippen LogP contribution in [-0.2, 0) is 17.8 Å². The van der Waals surface area contributed by atoms with Gasteiger partial charge in [0, 0.05) is 11.6 Å². The van der Waals surface area contributed by atoms with E-state index in [2.05, 4.69) is 10.6 Å². The van der Waals surface area contributed by atoms with Crippen molar-refractivity contribution >= 4 is 17.5 Å². The third kappa shape index (κ3) is 6.60. The number of ether oxygens (including phenoxy) is 1. The van der Waals surface area contributed by atoms with Crippen LogP contribution >= 0.6 is 11.6 Å². The monoisotopic (exact) mass is 346 g/mol. The first-order valence-electron chi connectivity index (χ1n) is 8.05. The molecular formula is C19H23ClN2O2. The Labute approximate surface area is 148 Å². The number of carbonyl (C=O) groups is 1. The summed E-state index contributed by atoms with van der Waals surface area (Å²) in [6.07, 6.45) is 1.28. The first-order chi connectivity index (χ1) is 11.7. The minimum absolute atomic E-state index is 0.0287. The van der Waals surface area contributed by atoms with Gasteiger partial charge in [0.1, 0.15) is 12.4 Å². The second-order valence-corrected chi connectivity index (χ2v) is 5.98. The number of hydrogen-bond donors (Lipinski definition) is 2. The fourth-order valence-corrected chi connectivity index (χ4v) is 2.36. The Morgan fingerprint density at radius 2 is 1.88 bits per heavy atom. The standard InChI is InChI=1S/C19H23ClN2O2/c1-21-10-3-11-22-19(23)13-16-4-2-5-18(12-16)24-14-15-6-8-17(20)9-7-15/h2,4-9,12,21H,3,10-11,13-14H2,1H3,(H,22,23). The van der Waals surface area contributed by atoms with Crippen molar-refractivity contribution in [3.63, 3.8) is 0 Å². The summed E-state index contributed by atoms with van der Waals surface area (Å²) >= 11 is 5.87. The molecule has 0 spiro atoms. The van der Waals surface area contributed by atoms with E-state index in [4.69, 9.17) is 16.3 Å². The zero-order valence-corrected chi connectivity index (χ0v) is 14.6. The molecule has 0 aliphatic carbocycles. The quantitative estimate of drug-likeness (QED) is 0.686. The molecule has 0 bridgehead atoms. The lowest BCUT2D eigenvalue weighted by Gasteiger charge is -2.09. The molecule has 4 nitrogen and oxygen atoms in total. The lowest BCUT2D eigenvalue weighted by molar-refractivity contribution is -0.120. The number of halogens is 1. The Hall–Kier alpha value is -2.04. The number of hydrogen-bond acceptors (Lipinski definition) is 3. The van der Waals surface area contributed by atoms with Crippen LogP contribution in [0.3, 0.4) is 0 Å². The Balaban J connectivity index is 1.82. The van der Waals surface area contributed by atoms with E-state index in [0.29, 0.717) is 24.6 Å². The van der Waals surface area contributed by atoms with Gasteiger partial charge >= 0.3 is 0 Å². The first kappa shape index (κ1) is 18.3. The van der Waals surface area contributed by atoms with E-state index >= 15 is 0 Å². The van der Waals surface area contributed by atoms with Gasteiger partial charge in [-0.05, 0) is 55.4 Å². The van der Waals surface area contributed by atoms with Crippen molar-refractivity contribution in [1.82, 2.24) is 10.6 Å². The van der Waals surface area contributed by atoms with Crippen LogP contribution in [-0.4, -0.2) is 26.0 Å². The Kier molecular flexibility index (Phi) is 7.59. The Bertz CT molecular complexity index is 644. The molecule has 0 aromatic heterocycles. The molecule has 0 aliphatic heterocycles. The second-order valence-electron chi connectivity index (χ2n) is 5.55. The molecule has 0 heterocycles. The topological polar surface area (TPSA) is 50.4 Å². The molecule has 2 rings (SSSR count). The highest BCUT2D eigenvalue weighted by Gasteiger charge is 2.04.